The van der Waals surface area contributed by atoms with E-state index < -0.39 is 20.2 Å². The van der Waals surface area contributed by atoms with Gasteiger partial charge in [0.05, 0.1) is 18.0 Å². The van der Waals surface area contributed by atoms with Gasteiger partial charge in [-0.05, 0) is 69.6 Å². The predicted octanol–water partition coefficient (Wildman–Crippen LogP) is 2.74. The van der Waals surface area contributed by atoms with Crippen molar-refractivity contribution >= 4 is 58.5 Å². The molecule has 0 aliphatic heterocycles. The van der Waals surface area contributed by atoms with Crippen LogP contribution in [0.5, 0.6) is 5.88 Å². The zero-order valence-corrected chi connectivity index (χ0v) is 23.8. The Kier molecular flexibility index (Phi) is 11.4. The molecule has 212 valence electrons. The van der Waals surface area contributed by atoms with Gasteiger partial charge in [-0.15, -0.1) is 0 Å². The molecular weight excluding hydrogens is 536 g/mol. The van der Waals surface area contributed by atoms with E-state index in [4.69, 9.17) is 9.11 Å². The Morgan fingerprint density at radius 3 is 2.05 bits per heavy atom. The average molecular weight is 573 g/mol. The number of benzene rings is 2. The Morgan fingerprint density at radius 2 is 1.50 bits per heavy atom. The van der Waals surface area contributed by atoms with Crippen LogP contribution in [0, 0.1) is 13.8 Å². The number of anilines is 1. The number of aromatic amines is 1. The number of H-pyrrole nitrogens is 1. The normalized spacial score (nSPS) is 11.5. The van der Waals surface area contributed by atoms with Crippen LogP contribution in [-0.2, 0) is 20.2 Å². The van der Waals surface area contributed by atoms with E-state index in [9.17, 15) is 21.9 Å². The third-order valence-electron chi connectivity index (χ3n) is 5.21. The molecule has 0 saturated carbocycles. The van der Waals surface area contributed by atoms with E-state index in [-0.39, 0.29) is 11.4 Å². The van der Waals surface area contributed by atoms with E-state index in [1.54, 1.807) is 12.3 Å². The van der Waals surface area contributed by atoms with Crippen LogP contribution in [0.3, 0.4) is 0 Å². The number of fused-ring (bicyclic) bond motifs is 5. The minimum absolute atomic E-state index is 0. The molecule has 0 aliphatic carbocycles. The quantitative estimate of drug-likeness (QED) is 0.175. The second-order valence-electron chi connectivity index (χ2n) is 9.06. The molecule has 2 aromatic carbocycles. The number of aryl methyl sites for hydroxylation is 2. The molecule has 4 aromatic rings. The molecule has 0 atom stereocenters. The van der Waals surface area contributed by atoms with Crippen molar-refractivity contribution in [1.29, 1.82) is 0 Å². The van der Waals surface area contributed by atoms with E-state index >= 15 is 0 Å². The minimum Gasteiger partial charge on any atom is -0.493 e. The highest BCUT2D eigenvalue weighted by Crippen LogP contribution is 2.39. The molecule has 38 heavy (non-hydrogen) atoms. The first kappa shape index (κ1) is 33.0. The molecule has 0 saturated heterocycles. The maximum absolute atomic E-state index is 9.76. The number of aromatic hydroxyl groups is 1. The SMILES string of the molecule is CS(=O)(=O)O.CS(=O)(=O)O.Cc1ccc(NCCCN(C)C)c2c1c(C)cc1[nH]c3cc(O)ncc3c12.O. The van der Waals surface area contributed by atoms with Gasteiger partial charge in [-0.25, -0.2) is 4.98 Å². The Labute approximate surface area is 222 Å². The van der Waals surface area contributed by atoms with Gasteiger partial charge in [0.2, 0.25) is 5.88 Å². The number of nitrogens with zero attached hydrogens (tertiary/aromatic N) is 2. The molecular formula is C24H36N4O8S2. The summed E-state index contributed by atoms with van der Waals surface area (Å²) in [5.41, 5.74) is 5.64. The monoisotopic (exact) mass is 572 g/mol. The Hall–Kier alpha value is -3.01. The lowest BCUT2D eigenvalue weighted by atomic mass is 9.95. The smallest absolute Gasteiger partial charge is 0.261 e. The van der Waals surface area contributed by atoms with Gasteiger partial charge >= 0.3 is 0 Å². The highest BCUT2D eigenvalue weighted by molar-refractivity contribution is 7.85. The zero-order chi connectivity index (χ0) is 28.1. The first-order valence-electron chi connectivity index (χ1n) is 11.2. The van der Waals surface area contributed by atoms with Crippen LogP contribution in [0.4, 0.5) is 5.69 Å². The Balaban J connectivity index is 0.000000564. The highest BCUT2D eigenvalue weighted by atomic mass is 32.2. The van der Waals surface area contributed by atoms with E-state index in [1.165, 1.54) is 21.9 Å². The van der Waals surface area contributed by atoms with Crippen molar-refractivity contribution in [1.82, 2.24) is 14.9 Å². The van der Waals surface area contributed by atoms with Crippen LogP contribution in [0.2, 0.25) is 0 Å². The Morgan fingerprint density at radius 1 is 0.921 bits per heavy atom. The fraction of sp³-hybridized carbons (Fsp3) is 0.375. The Bertz CT molecular complexity index is 1570. The molecule has 0 fully saturated rings. The molecule has 12 nitrogen and oxygen atoms in total. The largest absolute Gasteiger partial charge is 0.493 e. The number of rotatable bonds is 5. The summed E-state index contributed by atoms with van der Waals surface area (Å²) in [6, 6.07) is 8.25. The molecule has 0 unspecified atom stereocenters. The lowest BCUT2D eigenvalue weighted by Gasteiger charge is -2.16. The van der Waals surface area contributed by atoms with Crippen molar-refractivity contribution in [3.8, 4) is 5.88 Å². The molecule has 0 amide bonds. The molecule has 0 bridgehead atoms. The molecule has 4 rings (SSSR count). The summed E-state index contributed by atoms with van der Waals surface area (Å²) in [4.78, 5) is 9.77. The van der Waals surface area contributed by atoms with Crippen LogP contribution in [0.1, 0.15) is 17.5 Å². The summed E-state index contributed by atoms with van der Waals surface area (Å²) in [6.45, 7) is 6.30. The summed E-state index contributed by atoms with van der Waals surface area (Å²) in [7, 11) is -3.13. The first-order valence-corrected chi connectivity index (χ1v) is 14.9. The van der Waals surface area contributed by atoms with Gasteiger partial charge in [-0.1, -0.05) is 6.07 Å². The summed E-state index contributed by atoms with van der Waals surface area (Å²) < 4.78 is 51.7. The predicted molar refractivity (Wildman–Crippen MR) is 152 cm³/mol. The zero-order valence-electron chi connectivity index (χ0n) is 22.2. The lowest BCUT2D eigenvalue weighted by molar-refractivity contribution is 0.405. The van der Waals surface area contributed by atoms with Crippen molar-refractivity contribution in [2.24, 2.45) is 0 Å². The molecule has 2 heterocycles. The van der Waals surface area contributed by atoms with Gasteiger partial charge < -0.3 is 25.8 Å². The van der Waals surface area contributed by atoms with Crippen LogP contribution in [-0.4, -0.2) is 91.1 Å². The van der Waals surface area contributed by atoms with Gasteiger partial charge in [0.25, 0.3) is 20.2 Å². The van der Waals surface area contributed by atoms with Crippen molar-refractivity contribution in [3.63, 3.8) is 0 Å². The summed E-state index contributed by atoms with van der Waals surface area (Å²) in [5, 5.41) is 18.1. The van der Waals surface area contributed by atoms with Crippen LogP contribution in [0.25, 0.3) is 32.6 Å². The van der Waals surface area contributed by atoms with Crippen molar-refractivity contribution in [3.05, 3.63) is 41.6 Å². The highest BCUT2D eigenvalue weighted by Gasteiger charge is 2.15. The van der Waals surface area contributed by atoms with Crippen LogP contribution < -0.4 is 5.32 Å². The van der Waals surface area contributed by atoms with E-state index in [0.717, 1.165) is 47.0 Å². The minimum atomic E-state index is -3.67. The molecule has 7 N–H and O–H groups in total. The maximum atomic E-state index is 9.76. The number of hydrogen-bond acceptors (Lipinski definition) is 8. The third kappa shape index (κ3) is 10.0. The van der Waals surface area contributed by atoms with Gasteiger partial charge in [0.1, 0.15) is 0 Å². The maximum Gasteiger partial charge on any atom is 0.261 e. The second kappa shape index (κ2) is 13.2. The average Bonchev–Trinajstić information content (AvgIpc) is 3.06. The number of hydrogen-bond donors (Lipinski definition) is 5. The number of aromatic nitrogens is 2. The van der Waals surface area contributed by atoms with E-state index in [2.05, 4.69) is 66.3 Å². The fourth-order valence-corrected chi connectivity index (χ4v) is 4.01. The van der Waals surface area contributed by atoms with E-state index in [0.29, 0.717) is 12.5 Å². The molecule has 0 radical (unpaired) electrons. The third-order valence-corrected chi connectivity index (χ3v) is 5.21. The van der Waals surface area contributed by atoms with Crippen LogP contribution >= 0.6 is 0 Å². The lowest BCUT2D eigenvalue weighted by Crippen LogP contribution is -2.16. The topological polar surface area (TPSA) is 204 Å². The standard InChI is InChI=1S/C22H26N4O.2CH4O3S.H2O/c1-13-6-7-16(23-8-5-9-26(3)4)22-20(13)14(2)10-18-21(22)15-12-24-19(27)11-17(15)25-18;2*1-5(2,3)4;/h6-7,10-12,23,25H,5,8-9H2,1-4H3,(H,24,27);2*1H3,(H,2,3,4);1H2. The van der Waals surface area contributed by atoms with E-state index in [1.807, 2.05) is 0 Å². The summed E-state index contributed by atoms with van der Waals surface area (Å²) >= 11 is 0. The first-order chi connectivity index (χ1) is 17.0. The summed E-state index contributed by atoms with van der Waals surface area (Å²) in [5.74, 6) is 0.0355. The summed E-state index contributed by atoms with van der Waals surface area (Å²) in [6.07, 6.45) is 4.27. The molecule has 2 aromatic heterocycles. The van der Waals surface area contributed by atoms with Crippen molar-refractivity contribution in [2.45, 2.75) is 20.3 Å². The second-order valence-corrected chi connectivity index (χ2v) is 12.0. The van der Waals surface area contributed by atoms with Gasteiger partial charge in [0.15, 0.2) is 0 Å². The fourth-order valence-electron chi connectivity index (χ4n) is 4.01. The number of pyridine rings is 1. The van der Waals surface area contributed by atoms with Crippen molar-refractivity contribution < 1.29 is 36.5 Å². The van der Waals surface area contributed by atoms with Gasteiger partial charge in [0, 0.05) is 46.2 Å². The molecule has 0 spiro atoms. The molecule has 0 aliphatic rings. The van der Waals surface area contributed by atoms with Gasteiger partial charge in [-0.3, -0.25) is 9.11 Å². The number of nitrogens with one attached hydrogen (secondary N) is 2. The molecule has 14 heteroatoms. The van der Waals surface area contributed by atoms with Crippen molar-refractivity contribution in [2.75, 3.05) is 45.0 Å². The van der Waals surface area contributed by atoms with Crippen LogP contribution in [0.15, 0.2) is 30.5 Å². The van der Waals surface area contributed by atoms with Gasteiger partial charge in [-0.2, -0.15) is 16.8 Å².